The lowest BCUT2D eigenvalue weighted by molar-refractivity contribution is -0.153. The second kappa shape index (κ2) is 8.42. The van der Waals surface area contributed by atoms with Crippen molar-refractivity contribution in [1.82, 2.24) is 10.2 Å². The van der Waals surface area contributed by atoms with Gasteiger partial charge in [0.15, 0.2) is 0 Å². The minimum absolute atomic E-state index is 0.0183. The lowest BCUT2D eigenvalue weighted by Gasteiger charge is -2.52. The summed E-state index contributed by atoms with van der Waals surface area (Å²) >= 11 is 0. The van der Waals surface area contributed by atoms with Crippen LogP contribution in [0.4, 0.5) is 0 Å². The molecule has 0 aromatic heterocycles. The van der Waals surface area contributed by atoms with Crippen molar-refractivity contribution in [1.29, 1.82) is 0 Å². The van der Waals surface area contributed by atoms with E-state index in [0.29, 0.717) is 11.8 Å². The molecule has 1 saturated carbocycles. The number of hydrogen-bond donors (Lipinski definition) is 1. The Morgan fingerprint density at radius 3 is 2.75 bits per heavy atom. The van der Waals surface area contributed by atoms with E-state index in [1.165, 1.54) is 12.0 Å². The van der Waals surface area contributed by atoms with Gasteiger partial charge in [0.25, 0.3) is 0 Å². The van der Waals surface area contributed by atoms with E-state index in [1.54, 1.807) is 14.0 Å². The zero-order valence-electron chi connectivity index (χ0n) is 18.2. The fourth-order valence-electron chi connectivity index (χ4n) is 5.21. The first-order chi connectivity index (χ1) is 13.2. The molecule has 1 aliphatic carbocycles. The quantitative estimate of drug-likeness (QED) is 0.831. The van der Waals surface area contributed by atoms with Gasteiger partial charge in [-0.25, -0.2) is 0 Å². The van der Waals surface area contributed by atoms with Crippen LogP contribution in [0, 0.1) is 11.8 Å². The molecule has 5 heteroatoms. The largest absolute Gasteiger partial charge is 0.496 e. The molecule has 1 aliphatic heterocycles. The van der Waals surface area contributed by atoms with Crippen LogP contribution >= 0.6 is 0 Å². The molecule has 1 amide bonds. The van der Waals surface area contributed by atoms with Gasteiger partial charge in [-0.3, -0.25) is 4.79 Å². The number of benzene rings is 1. The lowest BCUT2D eigenvalue weighted by Crippen LogP contribution is -2.60. The highest BCUT2D eigenvalue weighted by Crippen LogP contribution is 2.48. The van der Waals surface area contributed by atoms with Crippen LogP contribution in [0.3, 0.4) is 0 Å². The van der Waals surface area contributed by atoms with E-state index in [9.17, 15) is 4.79 Å². The number of hydrogen-bond acceptors (Lipinski definition) is 4. The first-order valence-corrected chi connectivity index (χ1v) is 10.5. The van der Waals surface area contributed by atoms with Crippen LogP contribution < -0.4 is 10.1 Å². The Kier molecular flexibility index (Phi) is 6.35. The van der Waals surface area contributed by atoms with Gasteiger partial charge in [-0.05, 0) is 57.5 Å². The first-order valence-electron chi connectivity index (χ1n) is 10.5. The number of fused-ring (bicyclic) bond motifs is 1. The molecule has 0 unspecified atom stereocenters. The van der Waals surface area contributed by atoms with E-state index in [0.717, 1.165) is 37.1 Å². The topological polar surface area (TPSA) is 50.8 Å². The van der Waals surface area contributed by atoms with Crippen LogP contribution in [0.15, 0.2) is 18.2 Å². The minimum Gasteiger partial charge on any atom is -0.496 e. The predicted octanol–water partition coefficient (Wildman–Crippen LogP) is 3.92. The Hall–Kier alpha value is -1.59. The maximum absolute atomic E-state index is 12.0. The van der Waals surface area contributed by atoms with Gasteiger partial charge >= 0.3 is 0 Å². The zero-order valence-corrected chi connectivity index (χ0v) is 18.2. The standard InChI is InChI=1S/C23H36N2O3/c1-15-7-9-19-21(11-15)28-22(13-23(19,3)24-16(2)26)17-8-10-20(27-6)18(12-17)14-25(4)5/h8,10,12,15,19,21-22H,7,9,11,13-14H2,1-6H3,(H,24,26)/t15-,19-,21-,22-,23+/m1/s1. The number of amides is 1. The number of carbonyl (C=O) groups excluding carboxylic acids is 1. The van der Waals surface area contributed by atoms with Gasteiger partial charge in [-0.2, -0.15) is 0 Å². The van der Waals surface area contributed by atoms with Crippen LogP contribution in [0.25, 0.3) is 0 Å². The lowest BCUT2D eigenvalue weighted by atomic mass is 9.66. The monoisotopic (exact) mass is 388 g/mol. The van der Waals surface area contributed by atoms with Crippen molar-refractivity contribution >= 4 is 5.91 Å². The van der Waals surface area contributed by atoms with E-state index < -0.39 is 0 Å². The van der Waals surface area contributed by atoms with Gasteiger partial charge in [0.2, 0.25) is 5.91 Å². The van der Waals surface area contributed by atoms with Gasteiger partial charge in [-0.15, -0.1) is 0 Å². The number of rotatable bonds is 5. The Bertz CT molecular complexity index is 705. The Morgan fingerprint density at radius 2 is 2.11 bits per heavy atom. The molecule has 2 fully saturated rings. The molecular weight excluding hydrogens is 352 g/mol. The molecule has 0 radical (unpaired) electrons. The molecule has 1 aromatic carbocycles. The zero-order chi connectivity index (χ0) is 20.5. The average Bonchev–Trinajstić information content (AvgIpc) is 2.59. The molecule has 0 spiro atoms. The average molecular weight is 389 g/mol. The molecule has 5 atom stereocenters. The van der Waals surface area contributed by atoms with Gasteiger partial charge in [0.1, 0.15) is 5.75 Å². The van der Waals surface area contributed by atoms with Gasteiger partial charge in [-0.1, -0.05) is 19.4 Å². The second-order valence-corrected chi connectivity index (χ2v) is 9.30. The number of ether oxygens (including phenoxy) is 2. The van der Waals surface area contributed by atoms with Crippen LogP contribution in [0.2, 0.25) is 0 Å². The summed E-state index contributed by atoms with van der Waals surface area (Å²) in [6.45, 7) is 6.96. The SMILES string of the molecule is COc1ccc([C@H]2C[C@](C)(NC(C)=O)[C@@H]3CC[C@@H](C)C[C@H]3O2)cc1CN(C)C. The van der Waals surface area contributed by atoms with E-state index >= 15 is 0 Å². The van der Waals surface area contributed by atoms with Crippen molar-refractivity contribution in [2.75, 3.05) is 21.2 Å². The molecule has 1 aromatic rings. The van der Waals surface area contributed by atoms with Crippen LogP contribution in [0.1, 0.15) is 63.7 Å². The first kappa shape index (κ1) is 21.1. The van der Waals surface area contributed by atoms with Crippen LogP contribution in [0.5, 0.6) is 5.75 Å². The van der Waals surface area contributed by atoms with E-state index in [4.69, 9.17) is 9.47 Å². The van der Waals surface area contributed by atoms with Crippen molar-refractivity contribution in [2.24, 2.45) is 11.8 Å². The Balaban J connectivity index is 1.92. The Morgan fingerprint density at radius 1 is 1.36 bits per heavy atom. The summed E-state index contributed by atoms with van der Waals surface area (Å²) in [4.78, 5) is 14.1. The maximum atomic E-state index is 12.0. The molecule has 5 nitrogen and oxygen atoms in total. The second-order valence-electron chi connectivity index (χ2n) is 9.30. The third-order valence-corrected chi connectivity index (χ3v) is 6.45. The van der Waals surface area contributed by atoms with Gasteiger partial charge in [0.05, 0.1) is 19.3 Å². The molecule has 1 heterocycles. The molecule has 1 N–H and O–H groups in total. The summed E-state index contributed by atoms with van der Waals surface area (Å²) < 4.78 is 12.2. The normalized spacial score (nSPS) is 32.7. The Labute approximate surface area is 169 Å². The third kappa shape index (κ3) is 4.52. The number of carbonyl (C=O) groups is 1. The van der Waals surface area contributed by atoms with E-state index in [1.807, 2.05) is 6.07 Å². The molecule has 3 rings (SSSR count). The van der Waals surface area contributed by atoms with Crippen molar-refractivity contribution in [3.63, 3.8) is 0 Å². The van der Waals surface area contributed by atoms with Crippen LogP contribution in [-0.2, 0) is 16.1 Å². The molecule has 2 aliphatic rings. The van der Waals surface area contributed by atoms with E-state index in [-0.39, 0.29) is 23.7 Å². The summed E-state index contributed by atoms with van der Waals surface area (Å²) in [7, 11) is 5.84. The number of nitrogens with zero attached hydrogens (tertiary/aromatic N) is 1. The predicted molar refractivity (Wildman–Crippen MR) is 111 cm³/mol. The van der Waals surface area contributed by atoms with Crippen molar-refractivity contribution in [3.05, 3.63) is 29.3 Å². The smallest absolute Gasteiger partial charge is 0.217 e. The minimum atomic E-state index is -0.235. The van der Waals surface area contributed by atoms with Crippen LogP contribution in [-0.4, -0.2) is 43.7 Å². The van der Waals surface area contributed by atoms with Crippen molar-refractivity contribution < 1.29 is 14.3 Å². The molecule has 156 valence electrons. The maximum Gasteiger partial charge on any atom is 0.217 e. The highest BCUT2D eigenvalue weighted by molar-refractivity contribution is 5.73. The number of nitrogens with one attached hydrogen (secondary N) is 1. The highest BCUT2D eigenvalue weighted by atomic mass is 16.5. The van der Waals surface area contributed by atoms with Gasteiger partial charge < -0.3 is 19.7 Å². The van der Waals surface area contributed by atoms with Crippen molar-refractivity contribution in [2.45, 2.75) is 70.7 Å². The molecule has 1 saturated heterocycles. The third-order valence-electron chi connectivity index (χ3n) is 6.45. The number of methoxy groups -OCH3 is 1. The van der Waals surface area contributed by atoms with E-state index in [2.05, 4.69) is 50.3 Å². The fourth-order valence-corrected chi connectivity index (χ4v) is 5.21. The van der Waals surface area contributed by atoms with Gasteiger partial charge in [0, 0.05) is 36.9 Å². The molecule has 28 heavy (non-hydrogen) atoms. The fraction of sp³-hybridized carbons (Fsp3) is 0.696. The summed E-state index contributed by atoms with van der Waals surface area (Å²) in [5.74, 6) is 2.00. The molecular formula is C23H36N2O3. The summed E-state index contributed by atoms with van der Waals surface area (Å²) in [6, 6.07) is 6.37. The van der Waals surface area contributed by atoms with Crippen molar-refractivity contribution in [3.8, 4) is 5.75 Å². The summed E-state index contributed by atoms with van der Waals surface area (Å²) in [6.07, 6.45) is 4.37. The highest BCUT2D eigenvalue weighted by Gasteiger charge is 2.49. The summed E-state index contributed by atoms with van der Waals surface area (Å²) in [5, 5.41) is 3.29. The molecule has 0 bridgehead atoms. The summed E-state index contributed by atoms with van der Waals surface area (Å²) in [5.41, 5.74) is 2.10.